The number of methoxy groups -OCH3 is 4. The second-order valence-electron chi connectivity index (χ2n) is 38.7. The Labute approximate surface area is 824 Å². The number of nitrogens with one attached hydrogen (secondary N) is 1. The summed E-state index contributed by atoms with van der Waals surface area (Å²) in [6, 6.07) is 1.50. The van der Waals surface area contributed by atoms with Gasteiger partial charge >= 0.3 is 28.4 Å². The number of rotatable bonds is 29. The molecular weight excluding hydrogens is 2070 g/mol. The van der Waals surface area contributed by atoms with Crippen LogP contribution in [0, 0.1) is 4.77 Å². The second-order valence-corrected chi connectivity index (χ2v) is 66.7. The van der Waals surface area contributed by atoms with Gasteiger partial charge in [0.25, 0.3) is 0 Å². The van der Waals surface area contributed by atoms with E-state index in [1.807, 2.05) is 0 Å². The van der Waals surface area contributed by atoms with E-state index in [1.165, 1.54) is 81.5 Å². The molecule has 6 aromatic rings. The Hall–Kier alpha value is -6.19. The number of anilines is 6. The summed E-state index contributed by atoms with van der Waals surface area (Å²) < 4.78 is 64.4. The Morgan fingerprint density at radius 3 is 0.978 bits per heavy atom. The number of ether oxygens (including phenoxy) is 10. The van der Waals surface area contributed by atoms with Crippen LogP contribution in [0.2, 0.25) is 0 Å². The zero-order chi connectivity index (χ0) is 104. The summed E-state index contributed by atoms with van der Waals surface area (Å²) in [6.07, 6.45) is 22.3. The Kier molecular flexibility index (Phi) is 43.1. The Bertz CT molecular complexity index is 5760. The quantitative estimate of drug-likeness (QED) is 0.0236. The van der Waals surface area contributed by atoms with Gasteiger partial charge in [0.15, 0.2) is 54.3 Å². The van der Waals surface area contributed by atoms with Crippen LogP contribution in [-0.2, 0) is 49.7 Å². The largest absolute Gasteiger partial charge is 0.491 e. The van der Waals surface area contributed by atoms with Gasteiger partial charge in [-0.25, -0.2) is 29.0 Å². The molecule has 0 spiro atoms. The average molecular weight is 2210 g/mol. The predicted octanol–water partition coefficient (Wildman–Crippen LogP) is 1.94. The van der Waals surface area contributed by atoms with E-state index in [0.29, 0.717) is 57.8 Å². The van der Waals surface area contributed by atoms with Crippen molar-refractivity contribution < 1.29 is 103 Å². The van der Waals surface area contributed by atoms with Crippen molar-refractivity contribution in [1.82, 2.24) is 57.3 Å². The first kappa shape index (κ1) is 119. The lowest BCUT2D eigenvalue weighted by Crippen LogP contribution is -2.37. The van der Waals surface area contributed by atoms with Crippen LogP contribution in [0.3, 0.4) is 0 Å². The maximum Gasteiger partial charge on any atom is 0.351 e. The Morgan fingerprint density at radius 1 is 0.399 bits per heavy atom. The molecule has 24 atom stereocenters. The molecule has 778 valence electrons. The molecule has 6 aromatic heterocycles. The van der Waals surface area contributed by atoms with Gasteiger partial charge in [0.1, 0.15) is 103 Å². The highest BCUT2D eigenvalue weighted by atomic mass is 79.9. The molecule has 0 saturated carbocycles. The molecule has 0 aliphatic carbocycles. The molecule has 0 bridgehead atoms. The van der Waals surface area contributed by atoms with Crippen LogP contribution in [0.25, 0.3) is 0 Å². The minimum atomic E-state index is -1.28. The third-order valence-corrected chi connectivity index (χ3v) is 33.2. The molecule has 0 unspecified atom stereocenters. The third-order valence-electron chi connectivity index (χ3n) is 22.8. The number of nitrogens with zero attached hydrogens (tertiary/aromatic N) is 12. The maximum absolute atomic E-state index is 12.3. The summed E-state index contributed by atoms with van der Waals surface area (Å²) in [6.45, 7) is 19.1. The van der Waals surface area contributed by atoms with Crippen LogP contribution >= 0.6 is 85.4 Å². The standard InChI is InChI=1S/C16H26N3O5P.C15H26N3O5P.C14H24N3O5P.C14H24N3O3PS.2C13H21BrN3O4P/c1-10(20)17-12-6-8-19(16(22)18-12)15-14(23-2)13(21)11(24-15)7-9-25(3,4)5;1-21-10-8-18(15(20)17-13(10)16)14-12(22-2)11(19)9(23-14)6-7-24(3,4)5;1-21-9-7-17(14(20)16-12(9)15)13-11(19)10(18)8(22-13)5-6-23(2,3)4;1-17-7-8(13(15)16-14(17)22)12-11(19)10(18)9(20-12)5-6-21(2,3)4;2*1-22(2,3)5-4-8-9(18)10(19)12(21-8)17-6-7(14)11(15)16-13(17)20/h6,8,11,13-15,21H,3,7,9H2,1-2,4-5H3,(H,17,18,20,22);8-9,11-12,14,19H,3,6-7H2,1-2,4-5H3,(H2,16,17,20);7-8,10-11,13,18-19H,2,5-6H2,1,3-4H3,(H2,15,16,20);7,9-12,18-19H,2,5-6H2,1,3-4H3,(H2,15,16,22);2*6,8-10,12,18-19H,1,4-5H2,2-3H3,(H2,15,16,20)/t11-,13-,14-,15-;9-,11-,12-,14-;8-,10-,11-,13-;9-,10-,11-,12+;2*8-,9-,10-,12-/m111111/s1. The predicted molar refractivity (Wildman–Crippen MR) is 562 cm³/mol. The van der Waals surface area contributed by atoms with Gasteiger partial charge in [0.05, 0.1) is 72.2 Å². The fourth-order valence-corrected chi connectivity index (χ4v) is 21.6. The van der Waals surface area contributed by atoms with Crippen LogP contribution in [-0.4, -0.2) is 407 Å². The number of carbonyl (C=O) groups is 1. The number of aromatic nitrogens is 12. The van der Waals surface area contributed by atoms with Crippen molar-refractivity contribution in [2.45, 2.75) is 193 Å². The Morgan fingerprint density at radius 2 is 0.674 bits per heavy atom. The third kappa shape index (κ3) is 33.2. The monoisotopic (exact) mass is 2210 g/mol. The lowest BCUT2D eigenvalue weighted by Gasteiger charge is -2.20. The zero-order valence-corrected chi connectivity index (χ0v) is 90.6. The summed E-state index contributed by atoms with van der Waals surface area (Å²) in [5.74, 6) is 0.633. The van der Waals surface area contributed by atoms with E-state index in [0.717, 1.165) is 50.7 Å². The second kappa shape index (κ2) is 50.1. The number of aryl methyl sites for hydroxylation is 1. The number of halogens is 2. The van der Waals surface area contributed by atoms with Gasteiger partial charge in [-0.15, -0.1) is 79.1 Å². The van der Waals surface area contributed by atoms with Gasteiger partial charge in [0.2, 0.25) is 10.7 Å². The van der Waals surface area contributed by atoms with Gasteiger partial charge < -0.3 is 137 Å². The molecule has 0 aromatic carbocycles. The number of nitrogen functional groups attached to an aromatic ring is 5. The first-order valence-corrected chi connectivity index (χ1v) is 64.0. The van der Waals surface area contributed by atoms with Crippen LogP contribution in [0.4, 0.5) is 34.9 Å². The summed E-state index contributed by atoms with van der Waals surface area (Å²) in [4.78, 5) is 93.9. The van der Waals surface area contributed by atoms with E-state index in [1.54, 1.807) is 17.8 Å². The molecule has 12 rings (SSSR count). The molecule has 1 amide bonds. The lowest BCUT2D eigenvalue weighted by atomic mass is 10.0. The van der Waals surface area contributed by atoms with E-state index in [2.05, 4.69) is 185 Å². The summed E-state index contributed by atoms with van der Waals surface area (Å²) in [5, 5.41) is 105. The topological polar surface area (TPSA) is 646 Å². The van der Waals surface area contributed by atoms with Gasteiger partial charge in [-0.2, -0.15) is 24.9 Å². The molecule has 21 N–H and O–H groups in total. The van der Waals surface area contributed by atoms with Crippen molar-refractivity contribution in [2.75, 3.05) is 179 Å². The fraction of sp³-hybridized carbons (Fsp3) is 0.635. The van der Waals surface area contributed by atoms with Crippen molar-refractivity contribution in [3.05, 3.63) is 115 Å². The highest BCUT2D eigenvalue weighted by molar-refractivity contribution is 9.11. The molecule has 6 aliphatic heterocycles. The van der Waals surface area contributed by atoms with E-state index in [-0.39, 0.29) is 52.3 Å². The molecular formula is C85H142Br2N18O26P6S. The molecule has 6 aliphatic rings. The van der Waals surface area contributed by atoms with Crippen LogP contribution in [0.5, 0.6) is 11.5 Å². The van der Waals surface area contributed by atoms with E-state index < -0.39 is 217 Å². The summed E-state index contributed by atoms with van der Waals surface area (Å²) in [7, 11) is 7.52. The van der Waals surface area contributed by atoms with Crippen LogP contribution in [0.15, 0.2) is 76.2 Å². The molecule has 6 saturated heterocycles. The molecule has 6 fully saturated rings. The van der Waals surface area contributed by atoms with Crippen molar-refractivity contribution in [3.63, 3.8) is 0 Å². The Balaban J connectivity index is 0.000000226. The lowest BCUT2D eigenvalue weighted by molar-refractivity contribution is -0.114. The number of aliphatic hydroxyl groups excluding tert-OH is 10. The molecule has 12 heterocycles. The first-order valence-electron chi connectivity index (χ1n) is 43.7. The van der Waals surface area contributed by atoms with Crippen molar-refractivity contribution in [2.24, 2.45) is 7.05 Å². The highest BCUT2D eigenvalue weighted by Gasteiger charge is 2.51. The SMILES string of the molecule is C=P(C)(C)CC[C@H]1O[C@@H](c2cn(C)c(=S)nc2N)[C@H](O)[C@@H]1O.C=P(C)(C)CC[C@H]1O[C@@H](n2cc(Br)c(N)nc2=O)[C@H](O)[C@@H]1O.C=P(C)(C)CC[C@H]1O[C@@H](n2cc(Br)c(N)nc2=O)[C@H](O)[C@@H]1O.C=P(C)(C)CC[C@H]1O[C@@H](n2cc(OC)c(N)nc2=O)[C@H](O)[C@@H]1O.C=P(C)(C)CC[C@H]1O[C@@H](n2cc(OC)c(N)nc2=O)[C@H](OC)[C@@H]1O.C=P(C)(C)CC[C@H]1O[C@@H](n2ccc(NC(C)=O)nc2=O)[C@H](OC)[C@@H]1O. The van der Waals surface area contributed by atoms with E-state index >= 15 is 0 Å². The van der Waals surface area contributed by atoms with Crippen molar-refractivity contribution >= 4 is 164 Å². The molecule has 44 nitrogen and oxygen atoms in total. The number of carbonyl (C=O) groups excluding carboxylic acids is 1. The van der Waals surface area contributed by atoms with E-state index in [9.17, 15) is 79.8 Å². The van der Waals surface area contributed by atoms with Gasteiger partial charge in [-0.05, 0) is 206 Å². The minimum absolute atomic E-state index is 0.00594. The zero-order valence-electron chi connectivity index (χ0n) is 81.2. The molecule has 138 heavy (non-hydrogen) atoms. The van der Waals surface area contributed by atoms with Crippen LogP contribution in [0.1, 0.15) is 88.3 Å². The first-order chi connectivity index (χ1) is 63.7. The minimum Gasteiger partial charge on any atom is -0.491 e. The average Bonchev–Trinajstić information content (AvgIpc) is 1.65. The van der Waals surface area contributed by atoms with Crippen molar-refractivity contribution in [3.8, 4) is 11.5 Å². The number of aliphatic hydroxyl groups is 10. The normalized spacial score (nSPS) is 28.1. The van der Waals surface area contributed by atoms with Gasteiger partial charge in [-0.3, -0.25) is 27.6 Å². The molecule has 53 heteroatoms. The molecule has 0 radical (unpaired) electrons. The number of hydrogen-bond acceptors (Lipinski definition) is 38. The van der Waals surface area contributed by atoms with Crippen molar-refractivity contribution in [1.29, 1.82) is 0 Å². The fourth-order valence-electron chi connectivity index (χ4n) is 15.1. The number of nitrogens with two attached hydrogens (primary N) is 5. The summed E-state index contributed by atoms with van der Waals surface area (Å²) >= 11 is 11.4. The maximum atomic E-state index is 12.3. The van der Waals surface area contributed by atoms with E-state index in [4.69, 9.17) is 88.3 Å². The number of hydrogen-bond donors (Lipinski definition) is 16. The number of amides is 1. The summed E-state index contributed by atoms with van der Waals surface area (Å²) in [5.41, 5.74) is 25.6. The smallest absolute Gasteiger partial charge is 0.351 e. The van der Waals surface area contributed by atoms with Crippen LogP contribution < -0.4 is 71.9 Å². The van der Waals surface area contributed by atoms with Gasteiger partial charge in [-0.1, -0.05) is 0 Å². The highest BCUT2D eigenvalue weighted by Crippen LogP contribution is 2.47. The van der Waals surface area contributed by atoms with Gasteiger partial charge in [0, 0.05) is 58.5 Å².